The largest absolute Gasteiger partial charge is 0.496 e. The summed E-state index contributed by atoms with van der Waals surface area (Å²) < 4.78 is 5.33. The van der Waals surface area contributed by atoms with E-state index in [1.165, 1.54) is 0 Å². The van der Waals surface area contributed by atoms with Crippen LogP contribution in [0.3, 0.4) is 0 Å². The first-order chi connectivity index (χ1) is 8.13. The van der Waals surface area contributed by atoms with Gasteiger partial charge in [-0.15, -0.1) is 0 Å². The lowest BCUT2D eigenvalue weighted by molar-refractivity contribution is -0.141. The van der Waals surface area contributed by atoms with Crippen molar-refractivity contribution in [2.75, 3.05) is 20.7 Å². The Kier molecular flexibility index (Phi) is 3.33. The summed E-state index contributed by atoms with van der Waals surface area (Å²) >= 11 is 0. The predicted molar refractivity (Wildman–Crippen MR) is 64.1 cm³/mol. The minimum absolute atomic E-state index is 0.132. The third kappa shape index (κ3) is 2.26. The Bertz CT molecular complexity index is 419. The Morgan fingerprint density at radius 3 is 2.76 bits per heavy atom. The van der Waals surface area contributed by atoms with E-state index in [4.69, 9.17) is 9.84 Å². The number of rotatable bonds is 3. The molecule has 1 fully saturated rings. The van der Waals surface area contributed by atoms with Crippen LogP contribution in [0.4, 0.5) is 0 Å². The molecule has 92 valence electrons. The van der Waals surface area contributed by atoms with Crippen LogP contribution in [0, 0.1) is 5.92 Å². The van der Waals surface area contributed by atoms with Gasteiger partial charge in [0.2, 0.25) is 0 Å². The van der Waals surface area contributed by atoms with E-state index >= 15 is 0 Å². The SMILES string of the molecule is COc1ccccc1C1CC(C(=O)O)CN1C. The maximum absolute atomic E-state index is 11.0. The van der Waals surface area contributed by atoms with E-state index in [-0.39, 0.29) is 12.0 Å². The quantitative estimate of drug-likeness (QED) is 0.867. The molecule has 4 heteroatoms. The molecule has 1 aromatic carbocycles. The summed E-state index contributed by atoms with van der Waals surface area (Å²) in [5.41, 5.74) is 1.07. The van der Waals surface area contributed by atoms with Gasteiger partial charge in [-0.3, -0.25) is 9.69 Å². The fraction of sp³-hybridized carbons (Fsp3) is 0.462. The molecule has 0 radical (unpaired) electrons. The highest BCUT2D eigenvalue weighted by Gasteiger charge is 2.35. The van der Waals surface area contributed by atoms with E-state index in [1.807, 2.05) is 31.3 Å². The molecule has 2 rings (SSSR count). The average molecular weight is 235 g/mol. The van der Waals surface area contributed by atoms with E-state index in [0.29, 0.717) is 13.0 Å². The van der Waals surface area contributed by atoms with Crippen molar-refractivity contribution in [3.63, 3.8) is 0 Å². The number of carbonyl (C=O) groups is 1. The second-order valence-corrected chi connectivity index (χ2v) is 4.47. The molecule has 1 aliphatic rings. The van der Waals surface area contributed by atoms with Gasteiger partial charge in [0, 0.05) is 18.2 Å². The number of aliphatic carboxylic acids is 1. The molecule has 2 atom stereocenters. The fourth-order valence-electron chi connectivity index (χ4n) is 2.48. The van der Waals surface area contributed by atoms with Crippen LogP contribution in [-0.2, 0) is 4.79 Å². The van der Waals surface area contributed by atoms with Gasteiger partial charge in [-0.05, 0) is 19.5 Å². The number of nitrogens with zero attached hydrogens (tertiary/aromatic N) is 1. The molecule has 1 aromatic rings. The third-order valence-corrected chi connectivity index (χ3v) is 3.40. The van der Waals surface area contributed by atoms with Gasteiger partial charge < -0.3 is 9.84 Å². The van der Waals surface area contributed by atoms with Crippen molar-refractivity contribution in [1.29, 1.82) is 0 Å². The van der Waals surface area contributed by atoms with Gasteiger partial charge in [0.25, 0.3) is 0 Å². The standard InChI is InChI=1S/C13H17NO3/c1-14-8-9(13(15)16)7-11(14)10-5-3-4-6-12(10)17-2/h3-6,9,11H,7-8H2,1-2H3,(H,15,16). The van der Waals surface area contributed by atoms with E-state index in [0.717, 1.165) is 11.3 Å². The lowest BCUT2D eigenvalue weighted by Gasteiger charge is -2.21. The number of likely N-dealkylation sites (tertiary alicyclic amines) is 1. The van der Waals surface area contributed by atoms with Crippen LogP contribution in [-0.4, -0.2) is 36.7 Å². The average Bonchev–Trinajstić information content (AvgIpc) is 2.71. The van der Waals surface area contributed by atoms with Crippen LogP contribution in [0.15, 0.2) is 24.3 Å². The number of ether oxygens (including phenoxy) is 1. The molecule has 0 bridgehead atoms. The lowest BCUT2D eigenvalue weighted by atomic mass is 9.99. The Morgan fingerprint density at radius 2 is 2.18 bits per heavy atom. The molecule has 0 amide bonds. The van der Waals surface area contributed by atoms with E-state index in [9.17, 15) is 4.79 Å². The molecule has 17 heavy (non-hydrogen) atoms. The Morgan fingerprint density at radius 1 is 1.47 bits per heavy atom. The summed E-state index contributed by atoms with van der Waals surface area (Å²) in [7, 11) is 3.60. The molecule has 0 spiro atoms. The molecule has 0 aromatic heterocycles. The Labute approximate surface area is 101 Å². The highest BCUT2D eigenvalue weighted by molar-refractivity contribution is 5.71. The molecular formula is C13H17NO3. The Balaban J connectivity index is 2.25. The molecule has 1 N–H and O–H groups in total. The van der Waals surface area contributed by atoms with Gasteiger partial charge in [0.1, 0.15) is 5.75 Å². The van der Waals surface area contributed by atoms with Crippen LogP contribution in [0.2, 0.25) is 0 Å². The van der Waals surface area contributed by atoms with Crippen molar-refractivity contribution in [3.8, 4) is 5.75 Å². The number of carboxylic acids is 1. The molecule has 0 saturated carbocycles. The number of hydrogen-bond donors (Lipinski definition) is 1. The first-order valence-corrected chi connectivity index (χ1v) is 5.69. The maximum atomic E-state index is 11.0. The molecule has 1 aliphatic heterocycles. The van der Waals surface area contributed by atoms with Crippen molar-refractivity contribution in [3.05, 3.63) is 29.8 Å². The normalized spacial score (nSPS) is 24.8. The summed E-state index contributed by atoms with van der Waals surface area (Å²) in [5.74, 6) is -0.167. The molecule has 2 unspecified atom stereocenters. The van der Waals surface area contributed by atoms with Crippen LogP contribution >= 0.6 is 0 Å². The minimum atomic E-state index is -0.714. The summed E-state index contributed by atoms with van der Waals surface area (Å²) in [4.78, 5) is 13.1. The zero-order valence-electron chi connectivity index (χ0n) is 10.1. The number of methoxy groups -OCH3 is 1. The number of carboxylic acid groups (broad SMARTS) is 1. The monoisotopic (exact) mass is 235 g/mol. The maximum Gasteiger partial charge on any atom is 0.307 e. The number of hydrogen-bond acceptors (Lipinski definition) is 3. The van der Waals surface area contributed by atoms with E-state index < -0.39 is 5.97 Å². The zero-order chi connectivity index (χ0) is 12.4. The van der Waals surface area contributed by atoms with Crippen molar-refractivity contribution in [2.24, 2.45) is 5.92 Å². The van der Waals surface area contributed by atoms with E-state index in [1.54, 1.807) is 7.11 Å². The molecule has 1 heterocycles. The lowest BCUT2D eigenvalue weighted by Crippen LogP contribution is -2.20. The van der Waals surface area contributed by atoms with Crippen molar-refractivity contribution in [2.45, 2.75) is 12.5 Å². The predicted octanol–water partition coefficient (Wildman–Crippen LogP) is 1.77. The van der Waals surface area contributed by atoms with Gasteiger partial charge in [-0.2, -0.15) is 0 Å². The highest BCUT2D eigenvalue weighted by Crippen LogP contribution is 2.38. The first kappa shape index (κ1) is 11.9. The minimum Gasteiger partial charge on any atom is -0.496 e. The smallest absolute Gasteiger partial charge is 0.307 e. The van der Waals surface area contributed by atoms with Gasteiger partial charge in [-0.1, -0.05) is 18.2 Å². The van der Waals surface area contributed by atoms with Gasteiger partial charge in [-0.25, -0.2) is 0 Å². The second kappa shape index (κ2) is 4.75. The molecule has 4 nitrogen and oxygen atoms in total. The van der Waals surface area contributed by atoms with Crippen LogP contribution < -0.4 is 4.74 Å². The third-order valence-electron chi connectivity index (χ3n) is 3.40. The zero-order valence-corrected chi connectivity index (χ0v) is 10.1. The van der Waals surface area contributed by atoms with Crippen molar-refractivity contribution >= 4 is 5.97 Å². The van der Waals surface area contributed by atoms with Gasteiger partial charge in [0.15, 0.2) is 0 Å². The molecule has 0 aliphatic carbocycles. The summed E-state index contributed by atoms with van der Waals surface area (Å²) in [6.45, 7) is 0.595. The van der Waals surface area contributed by atoms with Crippen LogP contribution in [0.1, 0.15) is 18.0 Å². The summed E-state index contributed by atoms with van der Waals surface area (Å²) in [6, 6.07) is 7.93. The number of benzene rings is 1. The second-order valence-electron chi connectivity index (χ2n) is 4.47. The molecule has 1 saturated heterocycles. The van der Waals surface area contributed by atoms with Crippen LogP contribution in [0.5, 0.6) is 5.75 Å². The highest BCUT2D eigenvalue weighted by atomic mass is 16.5. The summed E-state index contributed by atoms with van der Waals surface area (Å²) in [6.07, 6.45) is 0.645. The fourth-order valence-corrected chi connectivity index (χ4v) is 2.48. The first-order valence-electron chi connectivity index (χ1n) is 5.69. The Hall–Kier alpha value is -1.55. The van der Waals surface area contributed by atoms with Gasteiger partial charge >= 0.3 is 5.97 Å². The number of para-hydroxylation sites is 1. The van der Waals surface area contributed by atoms with Gasteiger partial charge in [0.05, 0.1) is 13.0 Å². The topological polar surface area (TPSA) is 49.8 Å². The van der Waals surface area contributed by atoms with Crippen LogP contribution in [0.25, 0.3) is 0 Å². The van der Waals surface area contributed by atoms with Crippen molar-refractivity contribution in [1.82, 2.24) is 4.90 Å². The van der Waals surface area contributed by atoms with Crippen molar-refractivity contribution < 1.29 is 14.6 Å². The summed E-state index contributed by atoms with van der Waals surface area (Å²) in [5, 5.41) is 9.06. The molecular weight excluding hydrogens is 218 g/mol. The van der Waals surface area contributed by atoms with E-state index in [2.05, 4.69) is 4.90 Å².